The van der Waals surface area contributed by atoms with E-state index in [1.807, 2.05) is 0 Å². The maximum Gasteiger partial charge on any atom is 0.317 e. The van der Waals surface area contributed by atoms with Gasteiger partial charge in [0, 0.05) is 9.52 Å². The first-order chi connectivity index (χ1) is 12.6. The van der Waals surface area contributed by atoms with E-state index in [1.165, 1.54) is 43.9 Å². The van der Waals surface area contributed by atoms with Crippen LogP contribution in [0.25, 0.3) is 0 Å². The summed E-state index contributed by atoms with van der Waals surface area (Å²) >= 11 is 0. The van der Waals surface area contributed by atoms with Gasteiger partial charge in [-0.3, -0.25) is 4.79 Å². The Bertz CT molecular complexity index is 587. The van der Waals surface area contributed by atoms with Crippen molar-refractivity contribution in [3.8, 4) is 0 Å². The maximum atomic E-state index is 13.5. The number of halogens is 1. The quantitative estimate of drug-likeness (QED) is 0.497. The molecule has 3 rings (SSSR count). The standard InChI is InChI=1S/C22H33FO2Si/c1-2-26-17-21(13-5-3-6-14-21)25-20(24)22(15-7-4-8-16-22)18-9-11-19(23)12-10-18/h9-12H,2-8,13-17,26H2,1H3. The molecule has 0 N–H and O–H groups in total. The normalized spacial score (nSPS) is 22.4. The van der Waals surface area contributed by atoms with E-state index in [-0.39, 0.29) is 26.9 Å². The lowest BCUT2D eigenvalue weighted by molar-refractivity contribution is -0.170. The van der Waals surface area contributed by atoms with E-state index in [2.05, 4.69) is 6.92 Å². The minimum absolute atomic E-state index is 0.0317. The monoisotopic (exact) mass is 376 g/mol. The first-order valence-corrected chi connectivity index (χ1v) is 12.6. The summed E-state index contributed by atoms with van der Waals surface area (Å²) in [5.41, 5.74) is 0.175. The van der Waals surface area contributed by atoms with Crippen LogP contribution in [0.2, 0.25) is 12.1 Å². The highest BCUT2D eigenvalue weighted by Gasteiger charge is 2.46. The largest absolute Gasteiger partial charge is 0.459 e. The second-order valence-electron chi connectivity index (χ2n) is 8.39. The van der Waals surface area contributed by atoms with Gasteiger partial charge in [0.1, 0.15) is 11.4 Å². The Labute approximate surface area is 159 Å². The van der Waals surface area contributed by atoms with Gasteiger partial charge < -0.3 is 4.74 Å². The number of esters is 1. The lowest BCUT2D eigenvalue weighted by Gasteiger charge is -2.42. The Morgan fingerprint density at radius 3 is 2.15 bits per heavy atom. The van der Waals surface area contributed by atoms with Crippen LogP contribution in [0.3, 0.4) is 0 Å². The van der Waals surface area contributed by atoms with Crippen molar-refractivity contribution in [2.45, 2.75) is 94.2 Å². The molecular weight excluding hydrogens is 343 g/mol. The molecule has 1 aromatic carbocycles. The highest BCUT2D eigenvalue weighted by atomic mass is 28.2. The predicted molar refractivity (Wildman–Crippen MR) is 107 cm³/mol. The van der Waals surface area contributed by atoms with Crippen LogP contribution in [0.15, 0.2) is 24.3 Å². The molecule has 2 nitrogen and oxygen atoms in total. The number of carbonyl (C=O) groups is 1. The number of carbonyl (C=O) groups excluding carboxylic acids is 1. The molecule has 0 aromatic heterocycles. The van der Waals surface area contributed by atoms with Crippen LogP contribution >= 0.6 is 0 Å². The summed E-state index contributed by atoms with van der Waals surface area (Å²) in [6.45, 7) is 2.26. The minimum atomic E-state index is -0.565. The van der Waals surface area contributed by atoms with Crippen molar-refractivity contribution in [2.75, 3.05) is 0 Å². The summed E-state index contributed by atoms with van der Waals surface area (Å²) in [5, 5.41) is 0. The van der Waals surface area contributed by atoms with Gasteiger partial charge in [-0.15, -0.1) is 0 Å². The number of hydrogen-bond acceptors (Lipinski definition) is 2. The fourth-order valence-electron chi connectivity index (χ4n) is 4.93. The molecule has 2 saturated carbocycles. The van der Waals surface area contributed by atoms with Crippen molar-refractivity contribution < 1.29 is 13.9 Å². The van der Waals surface area contributed by atoms with Gasteiger partial charge in [0.25, 0.3) is 0 Å². The molecule has 0 radical (unpaired) electrons. The van der Waals surface area contributed by atoms with Gasteiger partial charge >= 0.3 is 5.97 Å². The third-order valence-corrected chi connectivity index (χ3v) is 8.53. The van der Waals surface area contributed by atoms with Crippen molar-refractivity contribution in [1.82, 2.24) is 0 Å². The molecule has 4 heteroatoms. The van der Waals surface area contributed by atoms with Crippen LogP contribution in [0, 0.1) is 5.82 Å². The third-order valence-electron chi connectivity index (χ3n) is 6.55. The molecule has 1 aromatic rings. The van der Waals surface area contributed by atoms with Crippen LogP contribution in [0.4, 0.5) is 4.39 Å². The zero-order chi connectivity index (χ0) is 18.5. The highest BCUT2D eigenvalue weighted by Crippen LogP contribution is 2.44. The molecule has 2 fully saturated rings. The lowest BCUT2D eigenvalue weighted by atomic mass is 9.69. The summed E-state index contributed by atoms with van der Waals surface area (Å²) in [6.07, 6.45) is 10.6. The molecular formula is C22H33FO2Si. The Morgan fingerprint density at radius 1 is 1.00 bits per heavy atom. The van der Waals surface area contributed by atoms with Gasteiger partial charge in [0.2, 0.25) is 0 Å². The minimum Gasteiger partial charge on any atom is -0.459 e. The van der Waals surface area contributed by atoms with Gasteiger partial charge in [-0.1, -0.05) is 50.8 Å². The van der Waals surface area contributed by atoms with Gasteiger partial charge in [-0.25, -0.2) is 4.39 Å². The van der Waals surface area contributed by atoms with Crippen LogP contribution in [0.5, 0.6) is 0 Å². The molecule has 26 heavy (non-hydrogen) atoms. The Hall–Kier alpha value is -1.16. The number of rotatable bonds is 6. The Balaban J connectivity index is 1.85. The zero-order valence-electron chi connectivity index (χ0n) is 16.2. The fraction of sp³-hybridized carbons (Fsp3) is 0.682. The van der Waals surface area contributed by atoms with Gasteiger partial charge in [-0.05, 0) is 62.3 Å². The van der Waals surface area contributed by atoms with Crippen molar-refractivity contribution in [3.63, 3.8) is 0 Å². The van der Waals surface area contributed by atoms with E-state index in [0.29, 0.717) is 0 Å². The summed E-state index contributed by atoms with van der Waals surface area (Å²) in [6, 6.07) is 8.96. The van der Waals surface area contributed by atoms with E-state index >= 15 is 0 Å². The average molecular weight is 377 g/mol. The van der Waals surface area contributed by atoms with Crippen LogP contribution in [0.1, 0.15) is 76.7 Å². The van der Waals surface area contributed by atoms with Crippen LogP contribution < -0.4 is 0 Å². The molecule has 0 bridgehead atoms. The van der Waals surface area contributed by atoms with Crippen molar-refractivity contribution in [3.05, 3.63) is 35.6 Å². The molecule has 144 valence electrons. The molecule has 0 unspecified atom stereocenters. The maximum absolute atomic E-state index is 13.5. The first kappa shape index (κ1) is 19.6. The van der Waals surface area contributed by atoms with Gasteiger partial charge in [0.05, 0.1) is 5.41 Å². The summed E-state index contributed by atoms with van der Waals surface area (Å²) in [5.74, 6) is -0.276. The summed E-state index contributed by atoms with van der Waals surface area (Å²) in [4.78, 5) is 13.5. The predicted octanol–water partition coefficient (Wildman–Crippen LogP) is 5.30. The lowest BCUT2D eigenvalue weighted by Crippen LogP contribution is -2.46. The third kappa shape index (κ3) is 4.21. The average Bonchev–Trinajstić information content (AvgIpc) is 2.68. The second kappa shape index (κ2) is 8.68. The van der Waals surface area contributed by atoms with Crippen molar-refractivity contribution >= 4 is 15.5 Å². The Kier molecular flexibility index (Phi) is 6.54. The molecule has 0 atom stereocenters. The van der Waals surface area contributed by atoms with Crippen LogP contribution in [-0.4, -0.2) is 21.1 Å². The van der Waals surface area contributed by atoms with Crippen molar-refractivity contribution in [1.29, 1.82) is 0 Å². The molecule has 0 spiro atoms. The second-order valence-corrected chi connectivity index (χ2v) is 10.6. The molecule has 0 amide bonds. The topological polar surface area (TPSA) is 26.3 Å². The molecule has 2 aliphatic rings. The molecule has 0 aliphatic heterocycles. The van der Waals surface area contributed by atoms with E-state index in [9.17, 15) is 9.18 Å². The first-order valence-electron chi connectivity index (χ1n) is 10.6. The van der Waals surface area contributed by atoms with Crippen molar-refractivity contribution in [2.24, 2.45) is 0 Å². The number of ether oxygens (including phenoxy) is 1. The highest BCUT2D eigenvalue weighted by molar-refractivity contribution is 6.35. The molecule has 2 aliphatic carbocycles. The van der Waals surface area contributed by atoms with Crippen LogP contribution in [-0.2, 0) is 14.9 Å². The van der Waals surface area contributed by atoms with Gasteiger partial charge in [-0.2, -0.15) is 0 Å². The van der Waals surface area contributed by atoms with E-state index in [1.54, 1.807) is 12.1 Å². The summed E-state index contributed by atoms with van der Waals surface area (Å²) in [7, 11) is -0.165. The van der Waals surface area contributed by atoms with Gasteiger partial charge in [0.15, 0.2) is 0 Å². The Morgan fingerprint density at radius 2 is 1.58 bits per heavy atom. The fourth-order valence-corrected chi connectivity index (χ4v) is 6.53. The molecule has 0 heterocycles. The van der Waals surface area contributed by atoms with E-state index < -0.39 is 5.41 Å². The van der Waals surface area contributed by atoms with E-state index in [4.69, 9.17) is 4.74 Å². The van der Waals surface area contributed by atoms with E-state index in [0.717, 1.165) is 50.1 Å². The SMILES string of the molecule is CC[SiH2]CC1(OC(=O)C2(c3ccc(F)cc3)CCCCC2)CCCCC1. The number of benzene rings is 1. The number of hydrogen-bond donors (Lipinski definition) is 0. The summed E-state index contributed by atoms with van der Waals surface area (Å²) < 4.78 is 19.9. The smallest absolute Gasteiger partial charge is 0.317 e. The zero-order valence-corrected chi connectivity index (χ0v) is 17.6. The molecule has 0 saturated heterocycles.